The fourth-order valence-electron chi connectivity index (χ4n) is 3.56. The average Bonchev–Trinajstić information content (AvgIpc) is 3.05. The first-order valence-corrected chi connectivity index (χ1v) is 9.06. The third kappa shape index (κ3) is 3.93. The summed E-state index contributed by atoms with van der Waals surface area (Å²) >= 11 is 0. The fraction of sp³-hybridized carbons (Fsp3) is 0.579. The minimum Gasteiger partial charge on any atom is -0.497 e. The maximum atomic E-state index is 12.7. The molecule has 2 fully saturated rings. The summed E-state index contributed by atoms with van der Waals surface area (Å²) in [5.41, 5.74) is 0.689. The normalized spacial score (nSPS) is 25.9. The van der Waals surface area contributed by atoms with E-state index in [4.69, 9.17) is 9.47 Å². The third-order valence-corrected chi connectivity index (χ3v) is 5.30. The molecule has 0 bridgehead atoms. The molecule has 1 aromatic rings. The number of amides is 2. The molecule has 0 aliphatic carbocycles. The number of nitrogens with zero attached hydrogens (tertiary/aromatic N) is 1. The van der Waals surface area contributed by atoms with E-state index in [-0.39, 0.29) is 30.2 Å². The number of rotatable bonds is 5. The number of ether oxygens (including phenoxy) is 2. The van der Waals surface area contributed by atoms with Gasteiger partial charge in [0.25, 0.3) is 0 Å². The zero-order valence-electron chi connectivity index (χ0n) is 15.6. The van der Waals surface area contributed by atoms with Gasteiger partial charge in [0.1, 0.15) is 11.5 Å². The smallest absolute Gasteiger partial charge is 0.227 e. The Morgan fingerprint density at radius 3 is 2.54 bits per heavy atom. The van der Waals surface area contributed by atoms with Crippen LogP contribution in [0.1, 0.15) is 19.8 Å². The van der Waals surface area contributed by atoms with Gasteiger partial charge in [-0.3, -0.25) is 9.59 Å². The highest BCUT2D eigenvalue weighted by Crippen LogP contribution is 2.32. The highest BCUT2D eigenvalue weighted by Gasteiger charge is 2.37. The van der Waals surface area contributed by atoms with Crippen LogP contribution in [0, 0.1) is 11.8 Å². The van der Waals surface area contributed by atoms with Gasteiger partial charge in [0.05, 0.1) is 25.8 Å². The van der Waals surface area contributed by atoms with Crippen molar-refractivity contribution in [2.75, 3.05) is 38.8 Å². The van der Waals surface area contributed by atoms with Crippen molar-refractivity contribution in [1.29, 1.82) is 0 Å². The molecule has 7 nitrogen and oxygen atoms in total. The zero-order valence-corrected chi connectivity index (χ0v) is 15.6. The molecule has 2 aliphatic rings. The SMILES string of the molecule is COc1cc(OC)cc(N2CC(C(=O)NC3CNCCC3C)CC2=O)c1. The van der Waals surface area contributed by atoms with Crippen LogP contribution in [0.25, 0.3) is 0 Å². The Morgan fingerprint density at radius 2 is 1.92 bits per heavy atom. The summed E-state index contributed by atoms with van der Waals surface area (Å²) < 4.78 is 10.5. The van der Waals surface area contributed by atoms with Crippen molar-refractivity contribution in [2.24, 2.45) is 11.8 Å². The molecule has 1 aromatic carbocycles. The van der Waals surface area contributed by atoms with E-state index in [1.54, 1.807) is 37.3 Å². The molecule has 7 heteroatoms. The molecule has 2 aliphatic heterocycles. The average molecular weight is 361 g/mol. The van der Waals surface area contributed by atoms with Crippen molar-refractivity contribution >= 4 is 17.5 Å². The summed E-state index contributed by atoms with van der Waals surface area (Å²) in [4.78, 5) is 26.8. The lowest BCUT2D eigenvalue weighted by atomic mass is 9.94. The van der Waals surface area contributed by atoms with E-state index >= 15 is 0 Å². The summed E-state index contributed by atoms with van der Waals surface area (Å²) in [5, 5.41) is 6.43. The number of benzene rings is 1. The Hall–Kier alpha value is -2.28. The topological polar surface area (TPSA) is 79.9 Å². The molecule has 142 valence electrons. The second-order valence-corrected chi connectivity index (χ2v) is 7.06. The highest BCUT2D eigenvalue weighted by atomic mass is 16.5. The molecule has 2 saturated heterocycles. The molecule has 0 radical (unpaired) electrons. The van der Waals surface area contributed by atoms with E-state index in [9.17, 15) is 9.59 Å². The van der Waals surface area contributed by atoms with Gasteiger partial charge in [-0.15, -0.1) is 0 Å². The summed E-state index contributed by atoms with van der Waals surface area (Å²) in [6, 6.07) is 5.45. The van der Waals surface area contributed by atoms with E-state index in [1.807, 2.05) is 0 Å². The van der Waals surface area contributed by atoms with Gasteiger partial charge in [0.15, 0.2) is 0 Å². The van der Waals surface area contributed by atoms with Crippen molar-refractivity contribution < 1.29 is 19.1 Å². The monoisotopic (exact) mass is 361 g/mol. The van der Waals surface area contributed by atoms with Crippen LogP contribution in [-0.4, -0.2) is 51.7 Å². The van der Waals surface area contributed by atoms with Crippen molar-refractivity contribution in [3.8, 4) is 11.5 Å². The highest BCUT2D eigenvalue weighted by molar-refractivity contribution is 6.00. The van der Waals surface area contributed by atoms with Gasteiger partial charge < -0.3 is 25.0 Å². The van der Waals surface area contributed by atoms with Crippen LogP contribution >= 0.6 is 0 Å². The third-order valence-electron chi connectivity index (χ3n) is 5.30. The maximum Gasteiger partial charge on any atom is 0.227 e. The van der Waals surface area contributed by atoms with Gasteiger partial charge >= 0.3 is 0 Å². The molecule has 2 heterocycles. The number of carbonyl (C=O) groups is 2. The Balaban J connectivity index is 1.69. The molecule has 3 unspecified atom stereocenters. The Bertz CT molecular complexity index is 656. The lowest BCUT2D eigenvalue weighted by molar-refractivity contribution is -0.127. The van der Waals surface area contributed by atoms with Crippen LogP contribution < -0.4 is 25.0 Å². The standard InChI is InChI=1S/C19H27N3O4/c1-12-4-5-20-10-17(12)21-19(24)13-6-18(23)22(11-13)14-7-15(25-2)9-16(8-14)26-3/h7-9,12-13,17,20H,4-6,10-11H2,1-3H3,(H,21,24). The van der Waals surface area contributed by atoms with E-state index in [0.717, 1.165) is 19.5 Å². The number of nitrogens with one attached hydrogen (secondary N) is 2. The van der Waals surface area contributed by atoms with E-state index in [1.165, 1.54) is 0 Å². The summed E-state index contributed by atoms with van der Waals surface area (Å²) in [5.74, 6) is 1.22. The van der Waals surface area contributed by atoms with E-state index in [2.05, 4.69) is 17.6 Å². The molecule has 0 aromatic heterocycles. The summed E-state index contributed by atoms with van der Waals surface area (Å²) in [6.45, 7) is 4.29. The lowest BCUT2D eigenvalue weighted by Gasteiger charge is -2.31. The predicted octanol–water partition coefficient (Wildman–Crippen LogP) is 1.17. The van der Waals surface area contributed by atoms with Crippen molar-refractivity contribution in [3.05, 3.63) is 18.2 Å². The van der Waals surface area contributed by atoms with Crippen LogP contribution in [0.3, 0.4) is 0 Å². The van der Waals surface area contributed by atoms with Crippen LogP contribution in [-0.2, 0) is 9.59 Å². The number of anilines is 1. The van der Waals surface area contributed by atoms with Gasteiger partial charge in [-0.2, -0.15) is 0 Å². The lowest BCUT2D eigenvalue weighted by Crippen LogP contribution is -2.51. The Kier molecular flexibility index (Phi) is 5.66. The first-order valence-electron chi connectivity index (χ1n) is 9.06. The van der Waals surface area contributed by atoms with Gasteiger partial charge in [-0.1, -0.05) is 6.92 Å². The maximum absolute atomic E-state index is 12.7. The van der Waals surface area contributed by atoms with Crippen LogP contribution in [0.15, 0.2) is 18.2 Å². The molecule has 26 heavy (non-hydrogen) atoms. The van der Waals surface area contributed by atoms with E-state index in [0.29, 0.717) is 29.6 Å². The molecular formula is C19H27N3O4. The van der Waals surface area contributed by atoms with Crippen molar-refractivity contribution in [2.45, 2.75) is 25.8 Å². The number of carbonyl (C=O) groups excluding carboxylic acids is 2. The van der Waals surface area contributed by atoms with Crippen LogP contribution in [0.5, 0.6) is 11.5 Å². The molecule has 2 amide bonds. The predicted molar refractivity (Wildman–Crippen MR) is 98.6 cm³/mol. The minimum absolute atomic E-state index is 0.0451. The number of hydrogen-bond donors (Lipinski definition) is 2. The quantitative estimate of drug-likeness (QED) is 0.823. The second kappa shape index (κ2) is 7.95. The van der Waals surface area contributed by atoms with Gasteiger partial charge in [-0.25, -0.2) is 0 Å². The number of piperidine rings is 1. The number of methoxy groups -OCH3 is 2. The van der Waals surface area contributed by atoms with Crippen LogP contribution in [0.2, 0.25) is 0 Å². The summed E-state index contributed by atoms with van der Waals surface area (Å²) in [6.07, 6.45) is 1.27. The number of hydrogen-bond acceptors (Lipinski definition) is 5. The molecule has 3 atom stereocenters. The minimum atomic E-state index is -0.339. The zero-order chi connectivity index (χ0) is 18.7. The van der Waals surface area contributed by atoms with Crippen LogP contribution in [0.4, 0.5) is 5.69 Å². The second-order valence-electron chi connectivity index (χ2n) is 7.06. The molecule has 2 N–H and O–H groups in total. The van der Waals surface area contributed by atoms with Gasteiger partial charge in [0.2, 0.25) is 11.8 Å². The molecular weight excluding hydrogens is 334 g/mol. The van der Waals surface area contributed by atoms with Crippen molar-refractivity contribution in [1.82, 2.24) is 10.6 Å². The van der Waals surface area contributed by atoms with Crippen molar-refractivity contribution in [3.63, 3.8) is 0 Å². The molecule has 3 rings (SSSR count). The largest absolute Gasteiger partial charge is 0.497 e. The Labute approximate surface area is 154 Å². The van der Waals surface area contributed by atoms with Gasteiger partial charge in [0, 0.05) is 43.8 Å². The Morgan fingerprint density at radius 1 is 1.23 bits per heavy atom. The molecule has 0 spiro atoms. The molecule has 0 saturated carbocycles. The van der Waals surface area contributed by atoms with Gasteiger partial charge in [-0.05, 0) is 18.9 Å². The first-order chi connectivity index (χ1) is 12.5. The first kappa shape index (κ1) is 18.5. The summed E-state index contributed by atoms with van der Waals surface area (Å²) in [7, 11) is 3.14. The fourth-order valence-corrected chi connectivity index (χ4v) is 3.56. The van der Waals surface area contributed by atoms with E-state index < -0.39 is 0 Å².